The van der Waals surface area contributed by atoms with E-state index in [0.717, 1.165) is 48.6 Å². The molecule has 1 aliphatic heterocycles. The Bertz CT molecular complexity index is 1250. The van der Waals surface area contributed by atoms with Crippen molar-refractivity contribution in [1.29, 1.82) is 0 Å². The fourth-order valence-electron chi connectivity index (χ4n) is 4.07. The number of para-hydroxylation sites is 1. The number of carbonyl (C=O) groups is 1. The Labute approximate surface area is 206 Å². The minimum absolute atomic E-state index is 0.0361. The highest BCUT2D eigenvalue weighted by Crippen LogP contribution is 2.24. The third-order valence-corrected chi connectivity index (χ3v) is 7.88. The number of benzene rings is 3. The second kappa shape index (κ2) is 10.6. The fraction of sp³-hybridized carbons (Fsp3) is 0.269. The summed E-state index contributed by atoms with van der Waals surface area (Å²) < 4.78 is 28.0. The molecule has 0 spiro atoms. The molecule has 8 heteroatoms. The molecular formula is C26H28ClN3O3S. The van der Waals surface area contributed by atoms with E-state index in [9.17, 15) is 13.2 Å². The van der Waals surface area contributed by atoms with E-state index in [0.29, 0.717) is 11.4 Å². The van der Waals surface area contributed by atoms with E-state index < -0.39 is 10.0 Å². The zero-order chi connectivity index (χ0) is 24.1. The molecule has 0 aliphatic carbocycles. The highest BCUT2D eigenvalue weighted by molar-refractivity contribution is 7.92. The largest absolute Gasteiger partial charge is 0.326 e. The topological polar surface area (TPSA) is 78.5 Å². The zero-order valence-electron chi connectivity index (χ0n) is 19.0. The van der Waals surface area contributed by atoms with Gasteiger partial charge in [0.15, 0.2) is 0 Å². The van der Waals surface area contributed by atoms with Gasteiger partial charge in [0.25, 0.3) is 10.0 Å². The Morgan fingerprint density at radius 3 is 2.29 bits per heavy atom. The fourth-order valence-corrected chi connectivity index (χ4v) is 5.40. The number of likely N-dealkylation sites (tertiary alicyclic amines) is 1. The Morgan fingerprint density at radius 2 is 1.62 bits per heavy atom. The van der Waals surface area contributed by atoms with Gasteiger partial charge in [-0.25, -0.2) is 8.42 Å². The summed E-state index contributed by atoms with van der Waals surface area (Å²) in [6.45, 7) is 4.27. The lowest BCUT2D eigenvalue weighted by atomic mass is 9.95. The van der Waals surface area contributed by atoms with Crippen molar-refractivity contribution < 1.29 is 13.2 Å². The van der Waals surface area contributed by atoms with Crippen LogP contribution in [0, 0.1) is 12.8 Å². The van der Waals surface area contributed by atoms with Crippen LogP contribution in [-0.2, 0) is 21.4 Å². The van der Waals surface area contributed by atoms with Gasteiger partial charge in [0.05, 0.1) is 10.6 Å². The molecule has 2 N–H and O–H groups in total. The smallest absolute Gasteiger partial charge is 0.261 e. The van der Waals surface area contributed by atoms with Crippen LogP contribution in [0.5, 0.6) is 0 Å². The molecule has 0 unspecified atom stereocenters. The van der Waals surface area contributed by atoms with E-state index in [1.54, 1.807) is 24.3 Å². The summed E-state index contributed by atoms with van der Waals surface area (Å²) in [6, 6.07) is 21.3. The Hall–Kier alpha value is -2.87. The first-order valence-electron chi connectivity index (χ1n) is 11.3. The number of rotatable bonds is 7. The maximum absolute atomic E-state index is 12.8. The molecular weight excluding hydrogens is 470 g/mol. The van der Waals surface area contributed by atoms with Crippen molar-refractivity contribution in [2.45, 2.75) is 31.2 Å². The second-order valence-corrected chi connectivity index (χ2v) is 10.7. The standard InChI is InChI=1S/C26H28ClN3O3S/c1-19-6-2-5-9-25(19)29-34(32,33)23-12-10-22(11-13-23)28-26(31)20-14-16-30(17-15-20)18-21-7-3-4-8-24(21)27/h2-13,20,29H,14-18H2,1H3,(H,28,31). The number of carbonyl (C=O) groups excluding carboxylic acids is 1. The van der Waals surface area contributed by atoms with Crippen LogP contribution in [0.4, 0.5) is 11.4 Å². The number of hydrogen-bond donors (Lipinski definition) is 2. The molecule has 1 heterocycles. The van der Waals surface area contributed by atoms with Gasteiger partial charge in [-0.15, -0.1) is 0 Å². The molecule has 1 fully saturated rings. The van der Waals surface area contributed by atoms with E-state index >= 15 is 0 Å². The summed E-state index contributed by atoms with van der Waals surface area (Å²) in [5.41, 5.74) is 3.06. The maximum Gasteiger partial charge on any atom is 0.261 e. The van der Waals surface area contributed by atoms with Crippen molar-refractivity contribution in [3.05, 3.63) is 88.9 Å². The van der Waals surface area contributed by atoms with Gasteiger partial charge >= 0.3 is 0 Å². The Morgan fingerprint density at radius 1 is 0.971 bits per heavy atom. The first-order valence-corrected chi connectivity index (χ1v) is 13.1. The minimum Gasteiger partial charge on any atom is -0.326 e. The number of amides is 1. The summed E-state index contributed by atoms with van der Waals surface area (Å²) in [7, 11) is -3.71. The van der Waals surface area contributed by atoms with E-state index in [1.807, 2.05) is 43.3 Å². The van der Waals surface area contributed by atoms with Crippen LogP contribution >= 0.6 is 11.6 Å². The summed E-state index contributed by atoms with van der Waals surface area (Å²) in [4.78, 5) is 15.2. The molecule has 1 amide bonds. The third-order valence-electron chi connectivity index (χ3n) is 6.13. The highest BCUT2D eigenvalue weighted by Gasteiger charge is 2.25. The number of sulfonamides is 1. The minimum atomic E-state index is -3.71. The number of halogens is 1. The molecule has 0 aromatic heterocycles. The SMILES string of the molecule is Cc1ccccc1NS(=O)(=O)c1ccc(NC(=O)C2CCN(Cc3ccccc3Cl)CC2)cc1. The van der Waals surface area contributed by atoms with Gasteiger partial charge in [0.2, 0.25) is 5.91 Å². The van der Waals surface area contributed by atoms with Crippen LogP contribution in [0.25, 0.3) is 0 Å². The summed E-state index contributed by atoms with van der Waals surface area (Å²) in [6.07, 6.45) is 1.53. The van der Waals surface area contributed by atoms with Gasteiger partial charge in [-0.05, 0) is 80.4 Å². The zero-order valence-corrected chi connectivity index (χ0v) is 20.6. The molecule has 34 heavy (non-hydrogen) atoms. The molecule has 6 nitrogen and oxygen atoms in total. The van der Waals surface area contributed by atoms with Crippen molar-refractivity contribution >= 4 is 38.9 Å². The van der Waals surface area contributed by atoms with Gasteiger partial charge < -0.3 is 5.32 Å². The average Bonchev–Trinajstić information content (AvgIpc) is 2.83. The van der Waals surface area contributed by atoms with E-state index in [1.165, 1.54) is 12.1 Å². The van der Waals surface area contributed by atoms with Crippen molar-refractivity contribution in [1.82, 2.24) is 4.90 Å². The number of nitrogens with zero attached hydrogens (tertiary/aromatic N) is 1. The van der Waals surface area contributed by atoms with Crippen molar-refractivity contribution in [2.75, 3.05) is 23.1 Å². The average molecular weight is 498 g/mol. The van der Waals surface area contributed by atoms with Crippen LogP contribution in [0.15, 0.2) is 77.7 Å². The molecule has 178 valence electrons. The molecule has 1 aliphatic rings. The third kappa shape index (κ3) is 5.97. The number of nitrogens with one attached hydrogen (secondary N) is 2. The predicted octanol–water partition coefficient (Wildman–Crippen LogP) is 5.30. The number of piperidine rings is 1. The maximum atomic E-state index is 12.8. The van der Waals surface area contributed by atoms with Crippen LogP contribution in [-0.4, -0.2) is 32.3 Å². The molecule has 0 bridgehead atoms. The van der Waals surface area contributed by atoms with Crippen LogP contribution in [0.1, 0.15) is 24.0 Å². The van der Waals surface area contributed by atoms with E-state index in [4.69, 9.17) is 11.6 Å². The van der Waals surface area contributed by atoms with Crippen molar-refractivity contribution in [3.63, 3.8) is 0 Å². The van der Waals surface area contributed by atoms with Crippen LogP contribution in [0.2, 0.25) is 5.02 Å². The lowest BCUT2D eigenvalue weighted by Crippen LogP contribution is -2.37. The highest BCUT2D eigenvalue weighted by atomic mass is 35.5. The second-order valence-electron chi connectivity index (χ2n) is 8.58. The van der Waals surface area contributed by atoms with Gasteiger partial charge in [-0.3, -0.25) is 14.4 Å². The first kappa shape index (κ1) is 24.3. The predicted molar refractivity (Wildman–Crippen MR) is 137 cm³/mol. The molecule has 0 atom stereocenters. The molecule has 0 saturated carbocycles. The summed E-state index contributed by atoms with van der Waals surface area (Å²) >= 11 is 6.27. The Balaban J connectivity index is 1.31. The van der Waals surface area contributed by atoms with E-state index in [-0.39, 0.29) is 16.7 Å². The lowest BCUT2D eigenvalue weighted by molar-refractivity contribution is -0.121. The molecule has 4 rings (SSSR count). The summed E-state index contributed by atoms with van der Waals surface area (Å²) in [5, 5.41) is 3.69. The van der Waals surface area contributed by atoms with Crippen molar-refractivity contribution in [3.8, 4) is 0 Å². The van der Waals surface area contributed by atoms with Gasteiger partial charge in [0, 0.05) is 23.2 Å². The number of aryl methyl sites for hydroxylation is 1. The van der Waals surface area contributed by atoms with Crippen LogP contribution in [0.3, 0.4) is 0 Å². The molecule has 3 aromatic carbocycles. The normalized spacial score (nSPS) is 15.1. The van der Waals surface area contributed by atoms with Crippen molar-refractivity contribution in [2.24, 2.45) is 5.92 Å². The van der Waals surface area contributed by atoms with E-state index in [2.05, 4.69) is 14.9 Å². The monoisotopic (exact) mass is 497 g/mol. The van der Waals surface area contributed by atoms with Crippen LogP contribution < -0.4 is 10.0 Å². The number of hydrogen-bond acceptors (Lipinski definition) is 4. The van der Waals surface area contributed by atoms with Gasteiger partial charge in [-0.2, -0.15) is 0 Å². The van der Waals surface area contributed by atoms with Gasteiger partial charge in [0.1, 0.15) is 0 Å². The Kier molecular flexibility index (Phi) is 7.56. The molecule has 0 radical (unpaired) electrons. The quantitative estimate of drug-likeness (QED) is 0.464. The van der Waals surface area contributed by atoms with Gasteiger partial charge in [-0.1, -0.05) is 48.0 Å². The lowest BCUT2D eigenvalue weighted by Gasteiger charge is -2.31. The first-order chi connectivity index (χ1) is 16.3. The molecule has 1 saturated heterocycles. The molecule has 3 aromatic rings. The summed E-state index contributed by atoms with van der Waals surface area (Å²) in [5.74, 6) is -0.111. The number of anilines is 2.